The van der Waals surface area contributed by atoms with Crippen molar-refractivity contribution < 1.29 is 9.53 Å². The number of nitrogens with zero attached hydrogens (tertiary/aromatic N) is 2. The molecule has 0 radical (unpaired) electrons. The third-order valence-electron chi connectivity index (χ3n) is 4.63. The van der Waals surface area contributed by atoms with E-state index in [1.54, 1.807) is 7.11 Å². The molecular formula is C17H18N2O2. The lowest BCUT2D eigenvalue weighted by Gasteiger charge is -2.33. The molecular weight excluding hydrogens is 264 g/mol. The van der Waals surface area contributed by atoms with E-state index in [9.17, 15) is 4.79 Å². The molecule has 0 unspecified atom stereocenters. The molecule has 0 spiro atoms. The molecule has 2 aliphatic rings. The summed E-state index contributed by atoms with van der Waals surface area (Å²) in [7, 11) is 3.78. The van der Waals surface area contributed by atoms with E-state index >= 15 is 0 Å². The zero-order valence-corrected chi connectivity index (χ0v) is 12.3. The molecule has 1 aromatic heterocycles. The minimum Gasteiger partial charge on any atom is -0.497 e. The lowest BCUT2D eigenvalue weighted by Crippen LogP contribution is -2.37. The van der Waals surface area contributed by atoms with Crippen molar-refractivity contribution in [3.8, 4) is 5.75 Å². The van der Waals surface area contributed by atoms with Crippen molar-refractivity contribution in [1.29, 1.82) is 0 Å². The largest absolute Gasteiger partial charge is 0.497 e. The Bertz CT molecular complexity index is 786. The van der Waals surface area contributed by atoms with Crippen molar-refractivity contribution >= 4 is 22.5 Å². The number of methoxy groups -OCH3 is 1. The van der Waals surface area contributed by atoms with Gasteiger partial charge in [0.25, 0.3) is 0 Å². The number of aryl methyl sites for hydroxylation is 1. The third-order valence-corrected chi connectivity index (χ3v) is 4.63. The summed E-state index contributed by atoms with van der Waals surface area (Å²) in [5.41, 5.74) is 4.81. The van der Waals surface area contributed by atoms with E-state index in [1.807, 2.05) is 11.0 Å². The SMILES string of the molecule is COc1ccc2c(c1)c1c(n2C)C2=CCCC(=O)N2CC1. The van der Waals surface area contributed by atoms with Crippen LogP contribution in [0, 0.1) is 0 Å². The lowest BCUT2D eigenvalue weighted by molar-refractivity contribution is -0.128. The number of hydrogen-bond donors (Lipinski definition) is 0. The number of benzene rings is 1. The van der Waals surface area contributed by atoms with Crippen molar-refractivity contribution in [3.63, 3.8) is 0 Å². The number of ether oxygens (including phenoxy) is 1. The van der Waals surface area contributed by atoms with Crippen LogP contribution in [0.4, 0.5) is 0 Å². The summed E-state index contributed by atoms with van der Waals surface area (Å²) in [4.78, 5) is 14.1. The van der Waals surface area contributed by atoms with Gasteiger partial charge in [0.2, 0.25) is 5.91 Å². The van der Waals surface area contributed by atoms with E-state index in [0.717, 1.165) is 30.8 Å². The van der Waals surface area contributed by atoms with Gasteiger partial charge < -0.3 is 14.2 Å². The molecule has 0 saturated carbocycles. The Morgan fingerprint density at radius 1 is 1.24 bits per heavy atom. The van der Waals surface area contributed by atoms with Crippen LogP contribution in [0.1, 0.15) is 24.1 Å². The first-order chi connectivity index (χ1) is 10.2. The number of amides is 1. The van der Waals surface area contributed by atoms with E-state index in [1.165, 1.54) is 22.2 Å². The number of carbonyl (C=O) groups excluding carboxylic acids is 1. The summed E-state index contributed by atoms with van der Waals surface area (Å²) in [5, 5.41) is 1.24. The lowest BCUT2D eigenvalue weighted by atomic mass is 9.97. The van der Waals surface area contributed by atoms with Gasteiger partial charge in [-0.25, -0.2) is 0 Å². The highest BCUT2D eigenvalue weighted by Crippen LogP contribution is 2.39. The molecule has 108 valence electrons. The Balaban J connectivity index is 2.00. The van der Waals surface area contributed by atoms with Gasteiger partial charge >= 0.3 is 0 Å². The maximum atomic E-state index is 12.1. The minimum absolute atomic E-state index is 0.251. The molecule has 0 atom stereocenters. The number of allylic oxidation sites excluding steroid dienone is 1. The summed E-state index contributed by atoms with van der Waals surface area (Å²) in [6.07, 6.45) is 4.59. The second kappa shape index (κ2) is 4.38. The van der Waals surface area contributed by atoms with Crippen LogP contribution in [-0.2, 0) is 18.3 Å². The normalized spacial score (nSPS) is 17.5. The van der Waals surface area contributed by atoms with Gasteiger partial charge in [0, 0.05) is 30.9 Å². The fourth-order valence-electron chi connectivity index (χ4n) is 3.61. The first-order valence-electron chi connectivity index (χ1n) is 7.37. The maximum Gasteiger partial charge on any atom is 0.227 e. The van der Waals surface area contributed by atoms with Crippen LogP contribution in [0.2, 0.25) is 0 Å². The van der Waals surface area contributed by atoms with Crippen molar-refractivity contribution in [2.75, 3.05) is 13.7 Å². The molecule has 0 N–H and O–H groups in total. The number of aromatic nitrogens is 1. The van der Waals surface area contributed by atoms with Crippen molar-refractivity contribution in [2.24, 2.45) is 7.05 Å². The van der Waals surface area contributed by atoms with Gasteiger partial charge in [0.15, 0.2) is 0 Å². The van der Waals surface area contributed by atoms with E-state index in [-0.39, 0.29) is 5.91 Å². The Hall–Kier alpha value is -2.23. The second-order valence-electron chi connectivity index (χ2n) is 5.69. The molecule has 21 heavy (non-hydrogen) atoms. The number of carbonyl (C=O) groups is 1. The molecule has 0 fully saturated rings. The van der Waals surface area contributed by atoms with Crippen LogP contribution in [-0.4, -0.2) is 29.0 Å². The highest BCUT2D eigenvalue weighted by molar-refractivity contribution is 5.96. The van der Waals surface area contributed by atoms with Gasteiger partial charge in [0.05, 0.1) is 18.5 Å². The van der Waals surface area contributed by atoms with Crippen LogP contribution < -0.4 is 4.74 Å². The zero-order valence-electron chi connectivity index (χ0n) is 12.3. The monoisotopic (exact) mass is 282 g/mol. The highest BCUT2D eigenvalue weighted by Gasteiger charge is 2.31. The average molecular weight is 282 g/mol. The zero-order chi connectivity index (χ0) is 14.6. The Labute approximate surface area is 123 Å². The van der Waals surface area contributed by atoms with Crippen molar-refractivity contribution in [2.45, 2.75) is 19.3 Å². The predicted molar refractivity (Wildman–Crippen MR) is 82.1 cm³/mol. The molecule has 3 heterocycles. The Morgan fingerprint density at radius 3 is 2.90 bits per heavy atom. The van der Waals surface area contributed by atoms with Crippen LogP contribution in [0.5, 0.6) is 5.75 Å². The second-order valence-corrected chi connectivity index (χ2v) is 5.69. The van der Waals surface area contributed by atoms with E-state index in [4.69, 9.17) is 4.74 Å². The molecule has 0 aliphatic carbocycles. The number of rotatable bonds is 1. The van der Waals surface area contributed by atoms with E-state index in [2.05, 4.69) is 29.8 Å². The smallest absolute Gasteiger partial charge is 0.227 e. The molecule has 2 aromatic rings. The third kappa shape index (κ3) is 1.65. The standard InChI is InChI=1S/C17H18N2O2/c1-18-14-7-6-11(21-2)10-13(14)12-8-9-19-15(17(12)18)4-3-5-16(19)20/h4,6-7,10H,3,5,8-9H2,1-2H3. The summed E-state index contributed by atoms with van der Waals surface area (Å²) in [5.74, 6) is 1.13. The molecule has 4 heteroatoms. The van der Waals surface area contributed by atoms with Gasteiger partial charge in [-0.1, -0.05) is 6.08 Å². The number of hydrogen-bond acceptors (Lipinski definition) is 2. The van der Waals surface area contributed by atoms with Gasteiger partial charge in [0.1, 0.15) is 5.75 Å². The topological polar surface area (TPSA) is 34.5 Å². The molecule has 1 amide bonds. The number of fused-ring (bicyclic) bond motifs is 5. The van der Waals surface area contributed by atoms with Crippen molar-refractivity contribution in [1.82, 2.24) is 9.47 Å². The van der Waals surface area contributed by atoms with Crippen LogP contribution in [0.3, 0.4) is 0 Å². The van der Waals surface area contributed by atoms with Gasteiger partial charge in [-0.3, -0.25) is 4.79 Å². The first kappa shape index (κ1) is 12.5. The average Bonchev–Trinajstić information content (AvgIpc) is 2.80. The van der Waals surface area contributed by atoms with E-state index < -0.39 is 0 Å². The summed E-state index contributed by atoms with van der Waals surface area (Å²) < 4.78 is 7.57. The van der Waals surface area contributed by atoms with Gasteiger partial charge in [-0.2, -0.15) is 0 Å². The van der Waals surface area contributed by atoms with Crippen LogP contribution in [0.15, 0.2) is 24.3 Å². The molecule has 4 nitrogen and oxygen atoms in total. The molecule has 2 aliphatic heterocycles. The highest BCUT2D eigenvalue weighted by atomic mass is 16.5. The van der Waals surface area contributed by atoms with Crippen LogP contribution >= 0.6 is 0 Å². The summed E-state index contributed by atoms with van der Waals surface area (Å²) >= 11 is 0. The van der Waals surface area contributed by atoms with Crippen LogP contribution in [0.25, 0.3) is 16.6 Å². The molecule has 4 rings (SSSR count). The Kier molecular flexibility index (Phi) is 2.61. The first-order valence-corrected chi connectivity index (χ1v) is 7.37. The summed E-state index contributed by atoms with van der Waals surface area (Å²) in [6.45, 7) is 0.786. The fraction of sp³-hybridized carbons (Fsp3) is 0.353. The van der Waals surface area contributed by atoms with Crippen molar-refractivity contribution in [3.05, 3.63) is 35.5 Å². The molecule has 0 bridgehead atoms. The fourth-order valence-corrected chi connectivity index (χ4v) is 3.61. The predicted octanol–water partition coefficient (Wildman–Crippen LogP) is 2.71. The van der Waals surface area contributed by atoms with Gasteiger partial charge in [-0.05, 0) is 36.6 Å². The van der Waals surface area contributed by atoms with Gasteiger partial charge in [-0.15, -0.1) is 0 Å². The minimum atomic E-state index is 0.251. The molecule has 0 saturated heterocycles. The maximum absolute atomic E-state index is 12.1. The quantitative estimate of drug-likeness (QED) is 0.806. The Morgan fingerprint density at radius 2 is 2.10 bits per heavy atom. The molecule has 1 aromatic carbocycles. The van der Waals surface area contributed by atoms with E-state index in [0.29, 0.717) is 6.42 Å². The summed E-state index contributed by atoms with van der Waals surface area (Å²) in [6, 6.07) is 6.20.